The van der Waals surface area contributed by atoms with E-state index in [1.807, 2.05) is 72.5 Å². The fraction of sp³-hybridized carbons (Fsp3) is 0.400. The maximum absolute atomic E-state index is 13.8. The van der Waals surface area contributed by atoms with Crippen LogP contribution < -0.4 is 16.4 Å². The number of ether oxygens (including phenoxy) is 1. The second kappa shape index (κ2) is 12.4. The Morgan fingerprint density at radius 2 is 1.62 bits per heavy atom. The number of nitrogens with two attached hydrogens (primary N) is 1. The quantitative estimate of drug-likeness (QED) is 0.339. The summed E-state index contributed by atoms with van der Waals surface area (Å²) in [6.45, 7) is 6.60. The van der Waals surface area contributed by atoms with Gasteiger partial charge < -0.3 is 30.6 Å². The molecule has 1 aromatic heterocycles. The highest BCUT2D eigenvalue weighted by Gasteiger charge is 2.41. The molecule has 2 atom stereocenters. The summed E-state index contributed by atoms with van der Waals surface area (Å²) in [6.07, 6.45) is 5.12. The molecule has 40 heavy (non-hydrogen) atoms. The van der Waals surface area contributed by atoms with E-state index in [1.54, 1.807) is 30.9 Å². The number of imidazole rings is 1. The van der Waals surface area contributed by atoms with E-state index in [2.05, 4.69) is 15.6 Å². The summed E-state index contributed by atoms with van der Waals surface area (Å²) in [5.74, 6) is -0.788. The average molecular weight is 547 g/mol. The van der Waals surface area contributed by atoms with E-state index in [1.165, 1.54) is 0 Å². The second-order valence-electron chi connectivity index (χ2n) is 10.8. The molecule has 0 aliphatic carbocycles. The molecule has 1 saturated heterocycles. The molecule has 3 aromatic rings. The molecule has 3 amide bonds. The second-order valence-corrected chi connectivity index (χ2v) is 10.8. The molecule has 10 heteroatoms. The van der Waals surface area contributed by atoms with Gasteiger partial charge in [-0.15, -0.1) is 0 Å². The van der Waals surface area contributed by atoms with Crippen LogP contribution in [0.1, 0.15) is 44.7 Å². The van der Waals surface area contributed by atoms with E-state index in [-0.39, 0.29) is 24.9 Å². The normalized spacial score (nSPS) is 15.8. The number of hydrogen-bond acceptors (Lipinski definition) is 6. The summed E-state index contributed by atoms with van der Waals surface area (Å²) in [5, 5.41) is 5.45. The number of nitrogens with one attached hydrogen (secondary N) is 2. The maximum Gasteiger partial charge on any atom is 0.253 e. The number of rotatable bonds is 11. The summed E-state index contributed by atoms with van der Waals surface area (Å²) in [5.41, 5.74) is 5.46. The number of carbonyl (C=O) groups is 3. The predicted octanol–water partition coefficient (Wildman–Crippen LogP) is 2.65. The SMILES string of the molecule is CC(C)(N)C(=O)NC(COCc1ccccc1)C(=O)Nc1cn(C(C)(C(=O)N2CCCC2)c2ccccc2)cn1. The van der Waals surface area contributed by atoms with Crippen molar-refractivity contribution in [2.45, 2.75) is 57.3 Å². The predicted molar refractivity (Wildman–Crippen MR) is 152 cm³/mol. The molecule has 2 unspecified atom stereocenters. The van der Waals surface area contributed by atoms with Crippen molar-refractivity contribution in [2.24, 2.45) is 5.73 Å². The summed E-state index contributed by atoms with van der Waals surface area (Å²) in [7, 11) is 0. The fourth-order valence-electron chi connectivity index (χ4n) is 4.62. The fourth-order valence-corrected chi connectivity index (χ4v) is 4.62. The van der Waals surface area contributed by atoms with Crippen LogP contribution in [0.3, 0.4) is 0 Å². The Balaban J connectivity index is 1.53. The minimum absolute atomic E-state index is 0.0314. The van der Waals surface area contributed by atoms with Crippen LogP contribution in [0.25, 0.3) is 0 Å². The molecule has 212 valence electrons. The third-order valence-corrected chi connectivity index (χ3v) is 7.10. The Hall–Kier alpha value is -4.02. The lowest BCUT2D eigenvalue weighted by Crippen LogP contribution is -2.56. The molecule has 0 saturated carbocycles. The van der Waals surface area contributed by atoms with Crippen LogP contribution in [0.2, 0.25) is 0 Å². The summed E-state index contributed by atoms with van der Waals surface area (Å²) in [4.78, 5) is 46.0. The molecule has 10 nitrogen and oxygen atoms in total. The van der Waals surface area contributed by atoms with Crippen molar-refractivity contribution in [1.29, 1.82) is 0 Å². The number of aromatic nitrogens is 2. The molecular weight excluding hydrogens is 508 g/mol. The molecule has 4 rings (SSSR count). The molecule has 1 fully saturated rings. The van der Waals surface area contributed by atoms with Gasteiger partial charge in [0.15, 0.2) is 5.82 Å². The standard InChI is InChI=1S/C30H38N6O4/c1-29(2,31)27(38)33-24(20-40-19-22-12-6-4-7-13-22)26(37)34-25-18-36(21-32-25)30(3,23-14-8-5-9-15-23)28(39)35-16-10-11-17-35/h4-9,12-15,18,21,24H,10-11,16-17,19-20,31H2,1-3H3,(H,33,38)(H,34,37). The van der Waals surface area contributed by atoms with Crippen LogP contribution in [0.5, 0.6) is 0 Å². The van der Waals surface area contributed by atoms with Gasteiger partial charge in [0.2, 0.25) is 5.91 Å². The van der Waals surface area contributed by atoms with E-state index in [9.17, 15) is 14.4 Å². The smallest absolute Gasteiger partial charge is 0.253 e. The van der Waals surface area contributed by atoms with Gasteiger partial charge in [-0.1, -0.05) is 60.7 Å². The number of hydrogen-bond donors (Lipinski definition) is 3. The number of anilines is 1. The number of benzene rings is 2. The van der Waals surface area contributed by atoms with Crippen LogP contribution in [0.15, 0.2) is 73.2 Å². The summed E-state index contributed by atoms with van der Waals surface area (Å²) >= 11 is 0. The van der Waals surface area contributed by atoms with E-state index in [4.69, 9.17) is 10.5 Å². The van der Waals surface area contributed by atoms with Gasteiger partial charge in [-0.3, -0.25) is 14.4 Å². The van der Waals surface area contributed by atoms with Crippen molar-refractivity contribution in [1.82, 2.24) is 19.8 Å². The number of nitrogens with zero attached hydrogens (tertiary/aromatic N) is 3. The van der Waals surface area contributed by atoms with Gasteiger partial charge in [0, 0.05) is 19.3 Å². The third kappa shape index (κ3) is 6.75. The zero-order valence-corrected chi connectivity index (χ0v) is 23.3. The molecule has 1 aliphatic rings. The molecule has 1 aliphatic heterocycles. The molecule has 0 radical (unpaired) electrons. The highest BCUT2D eigenvalue weighted by atomic mass is 16.5. The molecule has 4 N–H and O–H groups in total. The molecule has 0 spiro atoms. The number of likely N-dealkylation sites (tertiary alicyclic amines) is 1. The lowest BCUT2D eigenvalue weighted by molar-refractivity contribution is -0.137. The van der Waals surface area contributed by atoms with Crippen LogP contribution >= 0.6 is 0 Å². The zero-order chi connectivity index (χ0) is 28.8. The van der Waals surface area contributed by atoms with Crippen LogP contribution in [-0.4, -0.2) is 63.4 Å². The van der Waals surface area contributed by atoms with Gasteiger partial charge in [0.1, 0.15) is 11.6 Å². The molecule has 2 heterocycles. The summed E-state index contributed by atoms with van der Waals surface area (Å²) < 4.78 is 7.49. The van der Waals surface area contributed by atoms with Gasteiger partial charge in [-0.05, 0) is 44.7 Å². The van der Waals surface area contributed by atoms with Crippen LogP contribution in [0, 0.1) is 0 Å². The first-order valence-corrected chi connectivity index (χ1v) is 13.5. The monoisotopic (exact) mass is 546 g/mol. The van der Waals surface area contributed by atoms with Gasteiger partial charge in [0.25, 0.3) is 11.8 Å². The van der Waals surface area contributed by atoms with Crippen molar-refractivity contribution in [3.63, 3.8) is 0 Å². The lowest BCUT2D eigenvalue weighted by atomic mass is 9.90. The Morgan fingerprint density at radius 3 is 2.25 bits per heavy atom. The molecule has 2 aromatic carbocycles. The Morgan fingerprint density at radius 1 is 1.00 bits per heavy atom. The molecular formula is C30H38N6O4. The average Bonchev–Trinajstić information content (AvgIpc) is 3.65. The third-order valence-electron chi connectivity index (χ3n) is 7.10. The lowest BCUT2D eigenvalue weighted by Gasteiger charge is -2.34. The summed E-state index contributed by atoms with van der Waals surface area (Å²) in [6, 6.07) is 18.0. The number of carbonyl (C=O) groups excluding carboxylic acids is 3. The Kier molecular flexibility index (Phi) is 9.01. The van der Waals surface area contributed by atoms with E-state index in [0.717, 1.165) is 24.0 Å². The van der Waals surface area contributed by atoms with Gasteiger partial charge in [-0.2, -0.15) is 0 Å². The first-order chi connectivity index (χ1) is 19.1. The highest BCUT2D eigenvalue weighted by Crippen LogP contribution is 2.31. The highest BCUT2D eigenvalue weighted by molar-refractivity contribution is 5.98. The topological polar surface area (TPSA) is 132 Å². The van der Waals surface area contributed by atoms with Gasteiger partial charge in [-0.25, -0.2) is 4.98 Å². The number of amides is 3. The van der Waals surface area contributed by atoms with E-state index < -0.39 is 28.9 Å². The zero-order valence-electron chi connectivity index (χ0n) is 23.3. The van der Waals surface area contributed by atoms with Crippen molar-refractivity contribution >= 4 is 23.5 Å². The van der Waals surface area contributed by atoms with Gasteiger partial charge >= 0.3 is 0 Å². The Bertz CT molecular complexity index is 1300. The first-order valence-electron chi connectivity index (χ1n) is 13.5. The molecule has 0 bridgehead atoms. The van der Waals surface area contributed by atoms with Crippen molar-refractivity contribution < 1.29 is 19.1 Å². The minimum atomic E-state index is -1.19. The van der Waals surface area contributed by atoms with Crippen molar-refractivity contribution in [3.8, 4) is 0 Å². The van der Waals surface area contributed by atoms with Crippen molar-refractivity contribution in [3.05, 3.63) is 84.3 Å². The van der Waals surface area contributed by atoms with Crippen molar-refractivity contribution in [2.75, 3.05) is 25.0 Å². The van der Waals surface area contributed by atoms with Crippen LogP contribution in [-0.2, 0) is 31.3 Å². The first kappa shape index (κ1) is 29.0. The largest absolute Gasteiger partial charge is 0.374 e. The Labute approximate surface area is 234 Å². The maximum atomic E-state index is 13.8. The minimum Gasteiger partial charge on any atom is -0.374 e. The van der Waals surface area contributed by atoms with E-state index >= 15 is 0 Å². The van der Waals surface area contributed by atoms with Crippen LogP contribution in [0.4, 0.5) is 5.82 Å². The van der Waals surface area contributed by atoms with E-state index in [0.29, 0.717) is 13.1 Å². The van der Waals surface area contributed by atoms with Gasteiger partial charge in [0.05, 0.1) is 25.1 Å².